The van der Waals surface area contributed by atoms with Gasteiger partial charge in [-0.1, -0.05) is 18.2 Å². The zero-order valence-corrected chi connectivity index (χ0v) is 17.5. The lowest BCUT2D eigenvalue weighted by molar-refractivity contribution is 0.0998. The molecule has 3 heterocycles. The van der Waals surface area contributed by atoms with Gasteiger partial charge < -0.3 is 15.1 Å². The monoisotopic (exact) mass is 424 g/mol. The fraction of sp³-hybridized carbons (Fsp3) is 0.0833. The van der Waals surface area contributed by atoms with E-state index < -0.39 is 0 Å². The number of nitrogens with one attached hydrogen (secondary N) is 2. The van der Waals surface area contributed by atoms with Gasteiger partial charge in [0.25, 0.3) is 5.91 Å². The highest BCUT2D eigenvalue weighted by molar-refractivity contribution is 6.04. The number of fused-ring (bicyclic) bond motifs is 1. The number of nitrogens with zero attached hydrogens (tertiary/aromatic N) is 4. The Labute approximate surface area is 183 Å². The number of amides is 1. The molecule has 158 valence electrons. The molecule has 0 bridgehead atoms. The van der Waals surface area contributed by atoms with E-state index in [0.717, 1.165) is 22.5 Å². The highest BCUT2D eigenvalue weighted by Crippen LogP contribution is 2.21. The van der Waals surface area contributed by atoms with Crippen molar-refractivity contribution in [3.05, 3.63) is 89.9 Å². The molecule has 0 saturated carbocycles. The molecule has 3 aromatic heterocycles. The van der Waals surface area contributed by atoms with Gasteiger partial charge in [0.1, 0.15) is 5.58 Å². The van der Waals surface area contributed by atoms with Crippen LogP contribution in [0.1, 0.15) is 21.9 Å². The van der Waals surface area contributed by atoms with E-state index >= 15 is 0 Å². The van der Waals surface area contributed by atoms with Crippen LogP contribution in [0.15, 0.2) is 77.2 Å². The van der Waals surface area contributed by atoms with Gasteiger partial charge in [-0.2, -0.15) is 5.10 Å². The first-order valence-electron chi connectivity index (χ1n) is 10.1. The van der Waals surface area contributed by atoms with Crippen LogP contribution in [0.25, 0.3) is 16.8 Å². The first-order chi connectivity index (χ1) is 15.5. The van der Waals surface area contributed by atoms with Crippen LogP contribution in [-0.4, -0.2) is 25.9 Å². The number of carbonyl (C=O) groups is 1. The molecule has 5 aromatic rings. The van der Waals surface area contributed by atoms with Crippen molar-refractivity contribution in [2.75, 3.05) is 10.6 Å². The predicted octanol–water partition coefficient (Wildman–Crippen LogP) is 5.02. The van der Waals surface area contributed by atoms with E-state index in [1.165, 1.54) is 0 Å². The Morgan fingerprint density at radius 1 is 0.906 bits per heavy atom. The Morgan fingerprint density at radius 3 is 2.38 bits per heavy atom. The van der Waals surface area contributed by atoms with Gasteiger partial charge in [0, 0.05) is 22.5 Å². The Kier molecular flexibility index (Phi) is 4.87. The standard InChI is InChI=1S/C24H20N6O2/c1-15-13-16(2)30(29-15)23-12-11-22(27-28-23)25-18-7-9-19(10-8-18)26-24(31)21-14-17-5-3-4-6-20(17)32-21/h3-14H,1-2H3,(H,25,27)(H,26,31). The molecule has 8 heteroatoms. The number of benzene rings is 2. The van der Waals surface area contributed by atoms with Crippen molar-refractivity contribution in [2.24, 2.45) is 0 Å². The SMILES string of the molecule is Cc1cc(C)n(-c2ccc(Nc3ccc(NC(=O)c4cc5ccccc5o4)cc3)nn2)n1. The summed E-state index contributed by atoms with van der Waals surface area (Å²) in [6, 6.07) is 22.3. The molecule has 0 radical (unpaired) electrons. The van der Waals surface area contributed by atoms with Crippen molar-refractivity contribution in [3.63, 3.8) is 0 Å². The van der Waals surface area contributed by atoms with Crippen molar-refractivity contribution in [3.8, 4) is 5.82 Å². The van der Waals surface area contributed by atoms with E-state index in [-0.39, 0.29) is 11.7 Å². The number of carbonyl (C=O) groups excluding carboxylic acids is 1. The van der Waals surface area contributed by atoms with Crippen LogP contribution in [0, 0.1) is 13.8 Å². The number of hydrogen-bond acceptors (Lipinski definition) is 6. The topological polar surface area (TPSA) is 97.9 Å². The first kappa shape index (κ1) is 19.5. The summed E-state index contributed by atoms with van der Waals surface area (Å²) in [5.74, 6) is 1.23. The molecule has 0 fully saturated rings. The summed E-state index contributed by atoms with van der Waals surface area (Å²) < 4.78 is 7.36. The maximum atomic E-state index is 12.5. The van der Waals surface area contributed by atoms with Crippen molar-refractivity contribution < 1.29 is 9.21 Å². The zero-order valence-electron chi connectivity index (χ0n) is 17.5. The molecule has 0 aliphatic heterocycles. The minimum atomic E-state index is -0.299. The molecule has 8 nitrogen and oxygen atoms in total. The van der Waals surface area contributed by atoms with Crippen LogP contribution < -0.4 is 10.6 Å². The fourth-order valence-corrected chi connectivity index (χ4v) is 3.44. The maximum Gasteiger partial charge on any atom is 0.291 e. The summed E-state index contributed by atoms with van der Waals surface area (Å²) in [7, 11) is 0. The van der Waals surface area contributed by atoms with Crippen LogP contribution in [-0.2, 0) is 0 Å². The molecular weight excluding hydrogens is 404 g/mol. The normalized spacial score (nSPS) is 10.9. The van der Waals surface area contributed by atoms with Crippen LogP contribution in [0.2, 0.25) is 0 Å². The number of hydrogen-bond donors (Lipinski definition) is 2. The van der Waals surface area contributed by atoms with Gasteiger partial charge in [-0.05, 0) is 68.4 Å². The van der Waals surface area contributed by atoms with Gasteiger partial charge >= 0.3 is 0 Å². The lowest BCUT2D eigenvalue weighted by Crippen LogP contribution is -2.10. The molecule has 0 atom stereocenters. The van der Waals surface area contributed by atoms with Gasteiger partial charge in [-0.25, -0.2) is 4.68 Å². The second-order valence-electron chi connectivity index (χ2n) is 7.42. The Morgan fingerprint density at radius 2 is 1.69 bits per heavy atom. The van der Waals surface area contributed by atoms with E-state index in [1.807, 2.05) is 68.4 Å². The molecule has 32 heavy (non-hydrogen) atoms. The van der Waals surface area contributed by atoms with Crippen molar-refractivity contribution in [1.29, 1.82) is 0 Å². The average Bonchev–Trinajstić information content (AvgIpc) is 3.38. The minimum absolute atomic E-state index is 0.270. The van der Waals surface area contributed by atoms with E-state index in [2.05, 4.69) is 25.9 Å². The third-order valence-electron chi connectivity index (χ3n) is 4.94. The molecule has 0 aliphatic carbocycles. The van der Waals surface area contributed by atoms with Crippen molar-refractivity contribution >= 4 is 34.1 Å². The third kappa shape index (κ3) is 3.93. The zero-order chi connectivity index (χ0) is 22.1. The number of aromatic nitrogens is 4. The molecule has 2 aromatic carbocycles. The number of aryl methyl sites for hydroxylation is 2. The van der Waals surface area contributed by atoms with Crippen LogP contribution in [0.5, 0.6) is 0 Å². The van der Waals surface area contributed by atoms with E-state index in [4.69, 9.17) is 4.42 Å². The number of rotatable bonds is 5. The predicted molar refractivity (Wildman–Crippen MR) is 123 cm³/mol. The Balaban J connectivity index is 1.24. The van der Waals surface area contributed by atoms with Gasteiger partial charge in [-0.3, -0.25) is 4.79 Å². The number of furan rings is 1. The average molecular weight is 424 g/mol. The molecule has 2 N–H and O–H groups in total. The summed E-state index contributed by atoms with van der Waals surface area (Å²) >= 11 is 0. The quantitative estimate of drug-likeness (QED) is 0.411. The number of anilines is 3. The summed E-state index contributed by atoms with van der Waals surface area (Å²) in [6.07, 6.45) is 0. The van der Waals surface area contributed by atoms with Gasteiger partial charge in [-0.15, -0.1) is 10.2 Å². The summed E-state index contributed by atoms with van der Waals surface area (Å²) in [5.41, 5.74) is 4.09. The number of para-hydroxylation sites is 1. The highest BCUT2D eigenvalue weighted by Gasteiger charge is 2.12. The second-order valence-corrected chi connectivity index (χ2v) is 7.42. The van der Waals surface area contributed by atoms with Crippen LogP contribution in [0.3, 0.4) is 0 Å². The molecular formula is C24H20N6O2. The second kappa shape index (κ2) is 7.99. The highest BCUT2D eigenvalue weighted by atomic mass is 16.3. The smallest absolute Gasteiger partial charge is 0.291 e. The molecule has 0 spiro atoms. The fourth-order valence-electron chi connectivity index (χ4n) is 3.44. The Hall–Kier alpha value is -4.46. The summed E-state index contributed by atoms with van der Waals surface area (Å²) in [5, 5.41) is 19.8. The summed E-state index contributed by atoms with van der Waals surface area (Å²) in [6.45, 7) is 3.91. The van der Waals surface area contributed by atoms with E-state index in [9.17, 15) is 4.79 Å². The van der Waals surface area contributed by atoms with E-state index in [1.54, 1.807) is 22.9 Å². The lowest BCUT2D eigenvalue weighted by Gasteiger charge is -2.08. The van der Waals surface area contributed by atoms with Crippen molar-refractivity contribution in [2.45, 2.75) is 13.8 Å². The maximum absolute atomic E-state index is 12.5. The van der Waals surface area contributed by atoms with Gasteiger partial charge in [0.05, 0.1) is 5.69 Å². The van der Waals surface area contributed by atoms with Crippen LogP contribution in [0.4, 0.5) is 17.2 Å². The van der Waals surface area contributed by atoms with E-state index in [0.29, 0.717) is 22.9 Å². The Bertz CT molecular complexity index is 1370. The van der Waals surface area contributed by atoms with Crippen LogP contribution >= 0.6 is 0 Å². The lowest BCUT2D eigenvalue weighted by atomic mass is 10.2. The third-order valence-corrected chi connectivity index (χ3v) is 4.94. The largest absolute Gasteiger partial charge is 0.451 e. The minimum Gasteiger partial charge on any atom is -0.451 e. The molecule has 0 unspecified atom stereocenters. The van der Waals surface area contributed by atoms with Crippen molar-refractivity contribution in [1.82, 2.24) is 20.0 Å². The molecule has 5 rings (SSSR count). The summed E-state index contributed by atoms with van der Waals surface area (Å²) in [4.78, 5) is 12.5. The van der Waals surface area contributed by atoms with Gasteiger partial charge in [0.2, 0.25) is 0 Å². The molecule has 1 amide bonds. The molecule has 0 saturated heterocycles. The van der Waals surface area contributed by atoms with Gasteiger partial charge in [0.15, 0.2) is 17.4 Å². The first-order valence-corrected chi connectivity index (χ1v) is 10.1. The molecule has 0 aliphatic rings.